The van der Waals surface area contributed by atoms with E-state index >= 15 is 0 Å². The van der Waals surface area contributed by atoms with Crippen molar-refractivity contribution in [1.82, 2.24) is 0 Å². The number of hydrogen-bond donors (Lipinski definition) is 0. The zero-order chi connectivity index (χ0) is 17.8. The molecule has 3 amide bonds. The number of carbonyl (C=O) groups is 3. The molecule has 7 heteroatoms. The molecule has 1 unspecified atom stereocenters. The molecule has 0 N–H and O–H groups in total. The van der Waals surface area contributed by atoms with Crippen molar-refractivity contribution in [3.05, 3.63) is 59.1 Å². The third-order valence-corrected chi connectivity index (χ3v) is 5.97. The van der Waals surface area contributed by atoms with Crippen LogP contribution in [0.3, 0.4) is 0 Å². The molecule has 1 fully saturated rings. The van der Waals surface area contributed by atoms with E-state index in [1.54, 1.807) is 48.5 Å². The first-order valence-corrected chi connectivity index (χ1v) is 9.00. The van der Waals surface area contributed by atoms with Gasteiger partial charge in [0.25, 0.3) is 5.91 Å². The van der Waals surface area contributed by atoms with Gasteiger partial charge in [-0.2, -0.15) is 0 Å². The van der Waals surface area contributed by atoms with Gasteiger partial charge in [0.2, 0.25) is 16.7 Å². The summed E-state index contributed by atoms with van der Waals surface area (Å²) in [5, 5.41) is 0.472. The number of imide groups is 1. The van der Waals surface area contributed by atoms with Crippen molar-refractivity contribution in [2.45, 2.75) is 11.8 Å². The first-order valence-electron chi connectivity index (χ1n) is 7.64. The van der Waals surface area contributed by atoms with E-state index in [4.69, 9.17) is 11.6 Å². The van der Waals surface area contributed by atoms with Crippen molar-refractivity contribution in [2.75, 3.05) is 15.6 Å². The van der Waals surface area contributed by atoms with E-state index in [0.717, 1.165) is 4.90 Å². The van der Waals surface area contributed by atoms with Crippen LogP contribution in [-0.4, -0.2) is 23.5 Å². The lowest BCUT2D eigenvalue weighted by molar-refractivity contribution is -0.128. The van der Waals surface area contributed by atoms with E-state index in [-0.39, 0.29) is 17.6 Å². The molecule has 4 rings (SSSR count). The van der Waals surface area contributed by atoms with Crippen LogP contribution in [0.25, 0.3) is 0 Å². The van der Waals surface area contributed by atoms with E-state index in [2.05, 4.69) is 0 Å². The number of fused-ring (bicyclic) bond motifs is 2. The van der Waals surface area contributed by atoms with Crippen molar-refractivity contribution < 1.29 is 14.4 Å². The highest BCUT2D eigenvalue weighted by molar-refractivity contribution is 8.02. The maximum atomic E-state index is 13.3. The third-order valence-electron chi connectivity index (χ3n) is 4.35. The SMILES string of the molecule is CC(=O)N1C(=O)C2(SCC(=O)N2c2cccc(Cl)c2)c2ccccc21. The van der Waals surface area contributed by atoms with E-state index < -0.39 is 10.8 Å². The number of benzene rings is 2. The molecule has 0 radical (unpaired) electrons. The number of anilines is 2. The minimum absolute atomic E-state index is 0.151. The molecule has 2 aliphatic heterocycles. The second-order valence-electron chi connectivity index (χ2n) is 5.82. The van der Waals surface area contributed by atoms with Crippen LogP contribution in [0.5, 0.6) is 0 Å². The lowest BCUT2D eigenvalue weighted by Gasteiger charge is -2.33. The van der Waals surface area contributed by atoms with Crippen LogP contribution >= 0.6 is 23.4 Å². The Morgan fingerprint density at radius 1 is 1.16 bits per heavy atom. The zero-order valence-corrected chi connectivity index (χ0v) is 14.8. The van der Waals surface area contributed by atoms with Crippen LogP contribution in [0.1, 0.15) is 12.5 Å². The maximum absolute atomic E-state index is 13.3. The normalized spacial score (nSPS) is 22.0. The largest absolute Gasteiger partial charge is 0.283 e. The second kappa shape index (κ2) is 5.61. The highest BCUT2D eigenvalue weighted by Crippen LogP contribution is 2.55. The van der Waals surface area contributed by atoms with Gasteiger partial charge in [0.05, 0.1) is 11.4 Å². The van der Waals surface area contributed by atoms with E-state index in [9.17, 15) is 14.4 Å². The monoisotopic (exact) mass is 372 g/mol. The van der Waals surface area contributed by atoms with Crippen LogP contribution in [0, 0.1) is 0 Å². The topological polar surface area (TPSA) is 57.7 Å². The summed E-state index contributed by atoms with van der Waals surface area (Å²) in [6, 6.07) is 13.9. The summed E-state index contributed by atoms with van der Waals surface area (Å²) in [5.74, 6) is -0.837. The summed E-state index contributed by atoms with van der Waals surface area (Å²) >= 11 is 7.32. The molecular weight excluding hydrogens is 360 g/mol. The van der Waals surface area contributed by atoms with Gasteiger partial charge in [-0.25, -0.2) is 4.90 Å². The quantitative estimate of drug-likeness (QED) is 0.771. The Morgan fingerprint density at radius 3 is 2.64 bits per heavy atom. The Balaban J connectivity index is 1.97. The molecule has 0 saturated carbocycles. The molecular formula is C18H13ClN2O3S. The summed E-state index contributed by atoms with van der Waals surface area (Å²) in [4.78, 5) is 39.4. The summed E-state index contributed by atoms with van der Waals surface area (Å²) in [6.45, 7) is 1.35. The van der Waals surface area contributed by atoms with Crippen LogP contribution in [0.15, 0.2) is 48.5 Å². The van der Waals surface area contributed by atoms with Gasteiger partial charge < -0.3 is 0 Å². The first-order chi connectivity index (χ1) is 12.0. The predicted octanol–water partition coefficient (Wildman–Crippen LogP) is 3.17. The van der Waals surface area contributed by atoms with Gasteiger partial charge in [0, 0.05) is 23.2 Å². The van der Waals surface area contributed by atoms with Gasteiger partial charge in [-0.15, -0.1) is 11.8 Å². The average molecular weight is 373 g/mol. The molecule has 1 spiro atoms. The van der Waals surface area contributed by atoms with Gasteiger partial charge in [-0.1, -0.05) is 35.9 Å². The molecule has 0 bridgehead atoms. The van der Waals surface area contributed by atoms with Crippen molar-refractivity contribution in [2.24, 2.45) is 0 Å². The summed E-state index contributed by atoms with van der Waals surface area (Å²) in [7, 11) is 0. The van der Waals surface area contributed by atoms with E-state index in [1.165, 1.54) is 23.6 Å². The number of carbonyl (C=O) groups excluding carboxylic acids is 3. The molecule has 25 heavy (non-hydrogen) atoms. The number of hydrogen-bond acceptors (Lipinski definition) is 4. The molecule has 1 saturated heterocycles. The molecule has 2 heterocycles. The number of para-hydroxylation sites is 1. The van der Waals surface area contributed by atoms with Crippen molar-refractivity contribution in [1.29, 1.82) is 0 Å². The standard InChI is InChI=1S/C18H13ClN2O3S/c1-11(22)20-15-8-3-2-7-14(15)18(17(20)24)21(16(23)10-25-18)13-6-4-5-12(19)9-13/h2-9H,10H2,1H3. The molecule has 0 aromatic heterocycles. The average Bonchev–Trinajstić information content (AvgIpc) is 3.05. The Bertz CT molecular complexity index is 932. The van der Waals surface area contributed by atoms with Gasteiger partial charge in [-0.3, -0.25) is 19.3 Å². The smallest absolute Gasteiger partial charge is 0.275 e. The second-order valence-corrected chi connectivity index (χ2v) is 7.42. The number of amides is 3. The summed E-state index contributed by atoms with van der Waals surface area (Å²) in [6.07, 6.45) is 0. The number of nitrogens with zero attached hydrogens (tertiary/aromatic N) is 2. The molecule has 2 aromatic rings. The van der Waals surface area contributed by atoms with Gasteiger partial charge in [0.15, 0.2) is 0 Å². The van der Waals surface area contributed by atoms with E-state index in [0.29, 0.717) is 22.0 Å². The fraction of sp³-hybridized carbons (Fsp3) is 0.167. The zero-order valence-electron chi connectivity index (χ0n) is 13.2. The highest BCUT2D eigenvalue weighted by Gasteiger charge is 2.61. The van der Waals surface area contributed by atoms with Crippen molar-refractivity contribution in [3.8, 4) is 0 Å². The lowest BCUT2D eigenvalue weighted by Crippen LogP contribution is -2.50. The molecule has 2 aromatic carbocycles. The molecule has 126 valence electrons. The fourth-order valence-electron chi connectivity index (χ4n) is 3.41. The Hall–Kier alpha value is -2.31. The Labute approximate surface area is 153 Å². The van der Waals surface area contributed by atoms with Gasteiger partial charge >= 0.3 is 0 Å². The minimum Gasteiger partial charge on any atom is -0.283 e. The number of rotatable bonds is 1. The van der Waals surface area contributed by atoms with Crippen LogP contribution in [-0.2, 0) is 19.3 Å². The fourth-order valence-corrected chi connectivity index (χ4v) is 4.94. The summed E-state index contributed by atoms with van der Waals surface area (Å²) < 4.78 is 0. The number of halogens is 1. The van der Waals surface area contributed by atoms with Crippen molar-refractivity contribution >= 4 is 52.5 Å². The molecule has 1 atom stereocenters. The van der Waals surface area contributed by atoms with Gasteiger partial charge in [0.1, 0.15) is 0 Å². The van der Waals surface area contributed by atoms with Crippen LogP contribution < -0.4 is 9.80 Å². The Kier molecular flexibility index (Phi) is 3.63. The predicted molar refractivity (Wildman–Crippen MR) is 97.7 cm³/mol. The molecule has 0 aliphatic carbocycles. The molecule has 2 aliphatic rings. The highest BCUT2D eigenvalue weighted by atomic mass is 35.5. The van der Waals surface area contributed by atoms with Crippen LogP contribution in [0.4, 0.5) is 11.4 Å². The van der Waals surface area contributed by atoms with Gasteiger partial charge in [-0.05, 0) is 24.3 Å². The third kappa shape index (κ3) is 2.14. The Morgan fingerprint density at radius 2 is 1.92 bits per heavy atom. The molecule has 5 nitrogen and oxygen atoms in total. The lowest BCUT2D eigenvalue weighted by atomic mass is 10.0. The van der Waals surface area contributed by atoms with Crippen molar-refractivity contribution in [3.63, 3.8) is 0 Å². The minimum atomic E-state index is -1.27. The number of thioether (sulfide) groups is 1. The van der Waals surface area contributed by atoms with Crippen LogP contribution in [0.2, 0.25) is 5.02 Å². The summed E-state index contributed by atoms with van der Waals surface area (Å²) in [5.41, 5.74) is 1.70. The van der Waals surface area contributed by atoms with E-state index in [1.807, 2.05) is 0 Å². The maximum Gasteiger partial charge on any atom is 0.275 e. The first kappa shape index (κ1) is 16.2.